The molecule has 2 aliphatic rings. The average molecular weight is 321 g/mol. The molecule has 24 heavy (non-hydrogen) atoms. The molecular formula is C20H23N3O. The number of piperidine rings is 1. The van der Waals surface area contributed by atoms with Gasteiger partial charge in [-0.3, -0.25) is 14.7 Å². The Morgan fingerprint density at radius 2 is 1.96 bits per heavy atom. The summed E-state index contributed by atoms with van der Waals surface area (Å²) in [6, 6.07) is 14.5. The second kappa shape index (κ2) is 6.36. The van der Waals surface area contributed by atoms with Gasteiger partial charge in [0.15, 0.2) is 0 Å². The average Bonchev–Trinajstić information content (AvgIpc) is 2.74. The number of rotatable bonds is 2. The van der Waals surface area contributed by atoms with Crippen molar-refractivity contribution in [3.8, 4) is 0 Å². The van der Waals surface area contributed by atoms with E-state index in [9.17, 15) is 4.79 Å². The number of likely N-dealkylation sites (tertiary alicyclic amines) is 1. The third-order valence-corrected chi connectivity index (χ3v) is 5.34. The fourth-order valence-corrected chi connectivity index (χ4v) is 4.12. The highest BCUT2D eigenvalue weighted by molar-refractivity contribution is 5.84. The van der Waals surface area contributed by atoms with Gasteiger partial charge in [0, 0.05) is 25.8 Å². The highest BCUT2D eigenvalue weighted by Crippen LogP contribution is 2.37. The first-order valence-electron chi connectivity index (χ1n) is 8.73. The Morgan fingerprint density at radius 3 is 2.79 bits per heavy atom. The topological polar surface area (TPSA) is 45.2 Å². The Bertz CT molecular complexity index is 731. The fourth-order valence-electron chi connectivity index (χ4n) is 4.12. The Hall–Kier alpha value is -2.20. The van der Waals surface area contributed by atoms with E-state index in [0.29, 0.717) is 6.54 Å². The second-order valence-electron chi connectivity index (χ2n) is 7.04. The zero-order valence-corrected chi connectivity index (χ0v) is 13.9. The second-order valence-corrected chi connectivity index (χ2v) is 7.04. The van der Waals surface area contributed by atoms with Gasteiger partial charge in [-0.1, -0.05) is 30.3 Å². The van der Waals surface area contributed by atoms with Gasteiger partial charge < -0.3 is 5.32 Å². The number of hydrogen-bond donors (Lipinski definition) is 1. The Balaban J connectivity index is 1.58. The molecule has 1 aromatic heterocycles. The molecule has 1 N–H and O–H groups in total. The van der Waals surface area contributed by atoms with Crippen LogP contribution in [0, 0.1) is 5.41 Å². The number of nitrogens with one attached hydrogen (secondary N) is 1. The maximum Gasteiger partial charge on any atom is 0.228 e. The summed E-state index contributed by atoms with van der Waals surface area (Å²) in [4.78, 5) is 19.7. The predicted octanol–water partition coefficient (Wildman–Crippen LogP) is 2.54. The van der Waals surface area contributed by atoms with Crippen LogP contribution in [0.15, 0.2) is 48.7 Å². The standard InChI is InChI=1S/C20H23N3O/c24-19-20(12-16-6-1-2-7-17(16)13-22-19)9-5-11-23(15-20)14-18-8-3-4-10-21-18/h1-4,6-8,10H,5,9,11-15H2,(H,22,24). The monoisotopic (exact) mass is 321 g/mol. The van der Waals surface area contributed by atoms with E-state index < -0.39 is 0 Å². The van der Waals surface area contributed by atoms with Gasteiger partial charge in [0.05, 0.1) is 11.1 Å². The third kappa shape index (κ3) is 2.94. The zero-order chi connectivity index (χ0) is 16.4. The van der Waals surface area contributed by atoms with Gasteiger partial charge in [-0.25, -0.2) is 0 Å². The molecule has 1 aromatic carbocycles. The molecular weight excluding hydrogens is 298 g/mol. The van der Waals surface area contributed by atoms with E-state index in [1.165, 1.54) is 11.1 Å². The number of carbonyl (C=O) groups is 1. The first-order valence-corrected chi connectivity index (χ1v) is 8.73. The number of hydrogen-bond acceptors (Lipinski definition) is 3. The van der Waals surface area contributed by atoms with Gasteiger partial charge in [0.25, 0.3) is 0 Å². The van der Waals surface area contributed by atoms with E-state index in [0.717, 1.165) is 44.6 Å². The number of fused-ring (bicyclic) bond motifs is 1. The summed E-state index contributed by atoms with van der Waals surface area (Å²) in [5, 5.41) is 3.16. The Labute approximate surface area is 142 Å². The largest absolute Gasteiger partial charge is 0.351 e. The number of nitrogens with zero attached hydrogens (tertiary/aromatic N) is 2. The predicted molar refractivity (Wildman–Crippen MR) is 93.2 cm³/mol. The lowest BCUT2D eigenvalue weighted by atomic mass is 9.74. The van der Waals surface area contributed by atoms with Gasteiger partial charge in [-0.15, -0.1) is 0 Å². The number of amides is 1. The van der Waals surface area contributed by atoms with Crippen molar-refractivity contribution in [3.63, 3.8) is 0 Å². The summed E-state index contributed by atoms with van der Waals surface area (Å²) in [6.45, 7) is 3.31. The molecule has 0 saturated carbocycles. The maximum absolute atomic E-state index is 12.9. The molecule has 1 saturated heterocycles. The smallest absolute Gasteiger partial charge is 0.228 e. The van der Waals surface area contributed by atoms with E-state index in [2.05, 4.69) is 45.5 Å². The number of carbonyl (C=O) groups excluding carboxylic acids is 1. The van der Waals surface area contributed by atoms with Crippen LogP contribution in [0.4, 0.5) is 0 Å². The van der Waals surface area contributed by atoms with Crippen LogP contribution in [-0.4, -0.2) is 28.9 Å². The molecule has 2 aromatic rings. The minimum atomic E-state index is -0.306. The third-order valence-electron chi connectivity index (χ3n) is 5.34. The molecule has 124 valence electrons. The molecule has 1 amide bonds. The van der Waals surface area contributed by atoms with Gasteiger partial charge >= 0.3 is 0 Å². The quantitative estimate of drug-likeness (QED) is 0.924. The molecule has 3 heterocycles. The number of benzene rings is 1. The van der Waals surface area contributed by atoms with Gasteiger partial charge in [-0.2, -0.15) is 0 Å². The Morgan fingerprint density at radius 1 is 1.12 bits per heavy atom. The fraction of sp³-hybridized carbons (Fsp3) is 0.400. The first kappa shape index (κ1) is 15.3. The zero-order valence-electron chi connectivity index (χ0n) is 13.9. The van der Waals surface area contributed by atoms with Crippen LogP contribution >= 0.6 is 0 Å². The van der Waals surface area contributed by atoms with Crippen molar-refractivity contribution in [1.82, 2.24) is 15.2 Å². The van der Waals surface area contributed by atoms with Crippen molar-refractivity contribution in [3.05, 3.63) is 65.5 Å². The minimum absolute atomic E-state index is 0.212. The van der Waals surface area contributed by atoms with E-state index in [1.54, 1.807) is 0 Å². The molecule has 4 heteroatoms. The molecule has 2 aliphatic heterocycles. The summed E-state index contributed by atoms with van der Waals surface area (Å²) in [7, 11) is 0. The number of pyridine rings is 1. The molecule has 1 atom stereocenters. The van der Waals surface area contributed by atoms with E-state index in [1.807, 2.05) is 18.3 Å². The summed E-state index contributed by atoms with van der Waals surface area (Å²) in [5.74, 6) is 0.212. The summed E-state index contributed by atoms with van der Waals surface area (Å²) in [6.07, 6.45) is 4.70. The van der Waals surface area contributed by atoms with E-state index >= 15 is 0 Å². The van der Waals surface area contributed by atoms with Crippen LogP contribution in [0.5, 0.6) is 0 Å². The normalized spacial score (nSPS) is 24.2. The highest BCUT2D eigenvalue weighted by atomic mass is 16.2. The highest BCUT2D eigenvalue weighted by Gasteiger charge is 2.43. The van der Waals surface area contributed by atoms with Crippen molar-refractivity contribution in [2.75, 3.05) is 13.1 Å². The van der Waals surface area contributed by atoms with Gasteiger partial charge in [0.1, 0.15) is 0 Å². The maximum atomic E-state index is 12.9. The van der Waals surface area contributed by atoms with Crippen molar-refractivity contribution < 1.29 is 4.79 Å². The number of aromatic nitrogens is 1. The molecule has 0 radical (unpaired) electrons. The van der Waals surface area contributed by atoms with E-state index in [4.69, 9.17) is 0 Å². The van der Waals surface area contributed by atoms with Crippen LogP contribution < -0.4 is 5.32 Å². The van der Waals surface area contributed by atoms with Crippen molar-refractivity contribution in [1.29, 1.82) is 0 Å². The van der Waals surface area contributed by atoms with Gasteiger partial charge in [-0.05, 0) is 49.1 Å². The Kier molecular flexibility index (Phi) is 4.07. The van der Waals surface area contributed by atoms with Crippen molar-refractivity contribution in [2.45, 2.75) is 32.4 Å². The summed E-state index contributed by atoms with van der Waals surface area (Å²) < 4.78 is 0. The van der Waals surface area contributed by atoms with Crippen molar-refractivity contribution in [2.24, 2.45) is 5.41 Å². The SMILES string of the molecule is O=C1NCc2ccccc2CC12CCCN(Cc1ccccn1)C2. The lowest BCUT2D eigenvalue weighted by Gasteiger charge is -2.41. The van der Waals surface area contributed by atoms with Crippen molar-refractivity contribution >= 4 is 5.91 Å². The summed E-state index contributed by atoms with van der Waals surface area (Å²) >= 11 is 0. The van der Waals surface area contributed by atoms with Crippen LogP contribution in [0.2, 0.25) is 0 Å². The molecule has 4 rings (SSSR count). The molecule has 1 fully saturated rings. The lowest BCUT2D eigenvalue weighted by Crippen LogP contribution is -2.51. The van der Waals surface area contributed by atoms with Crippen LogP contribution in [0.25, 0.3) is 0 Å². The molecule has 0 aliphatic carbocycles. The molecule has 1 unspecified atom stereocenters. The lowest BCUT2D eigenvalue weighted by molar-refractivity contribution is -0.134. The van der Waals surface area contributed by atoms with Gasteiger partial charge in [0.2, 0.25) is 5.91 Å². The van der Waals surface area contributed by atoms with E-state index in [-0.39, 0.29) is 11.3 Å². The summed E-state index contributed by atoms with van der Waals surface area (Å²) in [5.41, 5.74) is 3.34. The minimum Gasteiger partial charge on any atom is -0.351 e. The van der Waals surface area contributed by atoms with Crippen LogP contribution in [-0.2, 0) is 24.3 Å². The molecule has 1 spiro atoms. The molecule has 0 bridgehead atoms. The van der Waals surface area contributed by atoms with Crippen LogP contribution in [0.3, 0.4) is 0 Å². The molecule has 4 nitrogen and oxygen atoms in total. The van der Waals surface area contributed by atoms with Crippen LogP contribution in [0.1, 0.15) is 29.7 Å². The first-order chi connectivity index (χ1) is 11.8.